The quantitative estimate of drug-likeness (QED) is 0.323. The molecule has 0 atom stereocenters. The van der Waals surface area contributed by atoms with E-state index in [1.54, 1.807) is 13.1 Å². The summed E-state index contributed by atoms with van der Waals surface area (Å²) in [5.74, 6) is 0.407. The molecule has 0 spiro atoms. The number of hydrogen-bond acceptors (Lipinski definition) is 3. The maximum absolute atomic E-state index is 13.9. The molecule has 1 aromatic heterocycles. The van der Waals surface area contributed by atoms with Gasteiger partial charge in [-0.15, -0.1) is 4.98 Å². The summed E-state index contributed by atoms with van der Waals surface area (Å²) in [7, 11) is 1.57. The van der Waals surface area contributed by atoms with Crippen LogP contribution in [0.15, 0.2) is 30.5 Å². The lowest BCUT2D eigenvalue weighted by molar-refractivity contribution is 0.0962. The number of halogens is 2. The molecule has 1 heterocycles. The summed E-state index contributed by atoms with van der Waals surface area (Å²) in [6.45, 7) is 4.26. The van der Waals surface area contributed by atoms with E-state index in [1.165, 1.54) is 61.0 Å². The molecule has 4 N–H and O–H groups in total. The summed E-state index contributed by atoms with van der Waals surface area (Å²) < 4.78 is 15.5. The molecule has 0 saturated heterocycles. The van der Waals surface area contributed by atoms with Gasteiger partial charge in [0.05, 0.1) is 10.6 Å². The lowest BCUT2D eigenvalue weighted by atomic mass is 9.89. The Morgan fingerprint density at radius 3 is 2.71 bits per heavy atom. The topological polar surface area (TPSA) is 83.0 Å². The number of hydrogen-bond donors (Lipinski definition) is 3. The third-order valence-electron chi connectivity index (χ3n) is 5.65. The van der Waals surface area contributed by atoms with Crippen molar-refractivity contribution in [2.24, 2.45) is 11.7 Å². The number of anilines is 1. The molecule has 2 aromatic rings. The molecule has 3 rings (SSSR count). The molecule has 1 aliphatic rings. The Hall–Kier alpha value is -2.67. The molecular weight excluding hydrogens is 417 g/mol. The van der Waals surface area contributed by atoms with Crippen LogP contribution in [-0.4, -0.2) is 29.8 Å². The molecule has 0 unspecified atom stereocenters. The highest BCUT2D eigenvalue weighted by atomic mass is 35.5. The number of carbonyl (C=O) groups is 1. The minimum atomic E-state index is -0.440. The van der Waals surface area contributed by atoms with Crippen molar-refractivity contribution in [2.75, 3.05) is 12.4 Å². The number of nitrogens with two attached hydrogens (primary N) is 1. The Balaban J connectivity index is 2.04. The molecule has 31 heavy (non-hydrogen) atoms. The van der Waals surface area contributed by atoms with Gasteiger partial charge in [-0.3, -0.25) is 4.79 Å². The van der Waals surface area contributed by atoms with Crippen molar-refractivity contribution in [1.82, 2.24) is 14.9 Å². The Bertz CT molecular complexity index is 986. The summed E-state index contributed by atoms with van der Waals surface area (Å²) in [4.78, 5) is 16.7. The highest BCUT2D eigenvalue weighted by Gasteiger charge is 2.29. The predicted molar refractivity (Wildman–Crippen MR) is 125 cm³/mol. The average molecular weight is 447 g/mol. The van der Waals surface area contributed by atoms with Gasteiger partial charge in [-0.1, -0.05) is 37.3 Å². The number of rotatable bonds is 7. The Morgan fingerprint density at radius 1 is 1.35 bits per heavy atom. The first kappa shape index (κ1) is 23.0. The van der Waals surface area contributed by atoms with Gasteiger partial charge in [-0.05, 0) is 44.4 Å². The van der Waals surface area contributed by atoms with E-state index in [2.05, 4.69) is 29.5 Å². The second kappa shape index (κ2) is 9.64. The van der Waals surface area contributed by atoms with Crippen molar-refractivity contribution in [3.63, 3.8) is 0 Å². The molecule has 6 nitrogen and oxygen atoms in total. The summed E-state index contributed by atoms with van der Waals surface area (Å²) in [6, 6.07) is 5.79. The lowest BCUT2D eigenvalue weighted by Gasteiger charge is -2.30. The van der Waals surface area contributed by atoms with E-state index in [0.717, 1.165) is 6.42 Å². The van der Waals surface area contributed by atoms with E-state index in [4.69, 9.17) is 17.3 Å². The highest BCUT2D eigenvalue weighted by Crippen LogP contribution is 2.36. The van der Waals surface area contributed by atoms with E-state index < -0.39 is 5.82 Å². The smallest absolute Gasteiger partial charge is 0.290 e. The zero-order chi connectivity index (χ0) is 22.6. The highest BCUT2D eigenvalue weighted by molar-refractivity contribution is 6.33. The fraction of sp³-hybridized carbons (Fsp3) is 0.435. The van der Waals surface area contributed by atoms with E-state index in [0.29, 0.717) is 33.7 Å². The van der Waals surface area contributed by atoms with Crippen LogP contribution < -0.4 is 20.9 Å². The normalized spacial score (nSPS) is 15.2. The van der Waals surface area contributed by atoms with Crippen LogP contribution in [0.2, 0.25) is 5.02 Å². The van der Waals surface area contributed by atoms with Crippen molar-refractivity contribution in [3.05, 3.63) is 46.9 Å². The second-order valence-electron chi connectivity index (χ2n) is 8.65. The summed E-state index contributed by atoms with van der Waals surface area (Å²) in [5, 5.41) is 6.50. The molecule has 1 saturated carbocycles. The number of nitrogens with one attached hydrogen (secondary N) is 2. The summed E-state index contributed by atoms with van der Waals surface area (Å²) in [5.41, 5.74) is 7.05. The van der Waals surface area contributed by atoms with Crippen molar-refractivity contribution in [1.29, 1.82) is 0 Å². The van der Waals surface area contributed by atoms with Crippen molar-refractivity contribution < 1.29 is 9.18 Å². The summed E-state index contributed by atoms with van der Waals surface area (Å²) in [6.07, 6.45) is 8.75. The van der Waals surface area contributed by atoms with Gasteiger partial charge in [0.1, 0.15) is 23.4 Å². The van der Waals surface area contributed by atoms with Crippen LogP contribution in [-0.2, 0) is 0 Å². The molecule has 1 aromatic carbocycles. The molecular formula is C23H30ClFN5O+. The zero-order valence-electron chi connectivity index (χ0n) is 18.2. The number of pyridine rings is 1. The van der Waals surface area contributed by atoms with E-state index in [9.17, 15) is 9.18 Å². The lowest BCUT2D eigenvalue weighted by Crippen LogP contribution is -2.34. The Morgan fingerprint density at radius 2 is 2.06 bits per heavy atom. The first-order valence-electron chi connectivity index (χ1n) is 10.5. The first-order chi connectivity index (χ1) is 14.7. The van der Waals surface area contributed by atoms with Gasteiger partial charge in [0.15, 0.2) is 6.34 Å². The maximum Gasteiger partial charge on any atom is 0.290 e. The zero-order valence-corrected chi connectivity index (χ0v) is 19.0. The van der Waals surface area contributed by atoms with Gasteiger partial charge in [0, 0.05) is 18.7 Å². The van der Waals surface area contributed by atoms with Gasteiger partial charge in [-0.2, -0.15) is 4.58 Å². The standard InChI is InChI=1S/C23H29ClFN5O/c1-23(2,12-15-6-4-5-7-15)29-19-10-16(22(31)27-3)13-28-21(19)30(14-26)20-11-17(25)8-9-18(20)24/h8-11,13-15,26,29H,4-7,12H2,1-3H3,(H,27,31)/p+1. The van der Waals surface area contributed by atoms with Crippen LogP contribution in [0.4, 0.5) is 21.6 Å². The van der Waals surface area contributed by atoms with Gasteiger partial charge < -0.3 is 16.4 Å². The fourth-order valence-electron chi connectivity index (χ4n) is 4.30. The summed E-state index contributed by atoms with van der Waals surface area (Å²) >= 11 is 6.33. The molecule has 1 aliphatic carbocycles. The van der Waals surface area contributed by atoms with Crippen LogP contribution in [0.5, 0.6) is 0 Å². The number of carbonyl (C=O) groups excluding carboxylic acids is 1. The third-order valence-corrected chi connectivity index (χ3v) is 5.97. The molecule has 166 valence electrons. The molecule has 8 heteroatoms. The number of nitrogens with zero attached hydrogens (tertiary/aromatic N) is 2. The Labute approximate surface area is 187 Å². The Kier molecular flexibility index (Phi) is 7.15. The minimum Gasteiger partial charge on any atom is -0.375 e. The van der Waals surface area contributed by atoms with E-state index >= 15 is 0 Å². The van der Waals surface area contributed by atoms with Crippen LogP contribution >= 0.6 is 11.6 Å². The number of benzene rings is 1. The SMILES string of the molecule is CNC(=O)c1cnc([N+](=CN)c2cc(F)ccc2Cl)c(NC(C)(C)CC2CCCC2)c1. The monoisotopic (exact) mass is 446 g/mol. The third kappa shape index (κ3) is 5.53. The van der Waals surface area contributed by atoms with Gasteiger partial charge in [0.2, 0.25) is 0 Å². The van der Waals surface area contributed by atoms with Crippen molar-refractivity contribution >= 4 is 41.0 Å². The van der Waals surface area contributed by atoms with Crippen molar-refractivity contribution in [3.8, 4) is 0 Å². The molecule has 1 amide bonds. The molecule has 0 aliphatic heterocycles. The molecule has 1 fully saturated rings. The van der Waals surface area contributed by atoms with Crippen LogP contribution in [0.25, 0.3) is 0 Å². The number of amides is 1. The maximum atomic E-state index is 13.9. The van der Waals surface area contributed by atoms with Gasteiger partial charge >= 0.3 is 0 Å². The van der Waals surface area contributed by atoms with Gasteiger partial charge in [-0.25, -0.2) is 4.39 Å². The van der Waals surface area contributed by atoms with Crippen molar-refractivity contribution in [2.45, 2.75) is 51.5 Å². The van der Waals surface area contributed by atoms with Crippen LogP contribution in [0.3, 0.4) is 0 Å². The average Bonchev–Trinajstić information content (AvgIpc) is 3.23. The fourth-order valence-corrected chi connectivity index (χ4v) is 4.51. The number of aromatic nitrogens is 1. The second-order valence-corrected chi connectivity index (χ2v) is 9.06. The predicted octanol–water partition coefficient (Wildman–Crippen LogP) is 4.83. The minimum absolute atomic E-state index is 0.247. The molecule has 0 bridgehead atoms. The largest absolute Gasteiger partial charge is 0.375 e. The first-order valence-corrected chi connectivity index (χ1v) is 10.9. The van der Waals surface area contributed by atoms with E-state index in [-0.39, 0.29) is 11.4 Å². The van der Waals surface area contributed by atoms with Crippen LogP contribution in [0, 0.1) is 11.7 Å². The van der Waals surface area contributed by atoms with Gasteiger partial charge in [0.25, 0.3) is 11.7 Å². The molecule has 0 radical (unpaired) electrons. The van der Waals surface area contributed by atoms with E-state index in [1.807, 2.05) is 0 Å². The van der Waals surface area contributed by atoms with Crippen LogP contribution in [0.1, 0.15) is 56.3 Å².